The largest absolute Gasteiger partial charge is 0.461 e. The Bertz CT molecular complexity index is 1570. The maximum absolute atomic E-state index is 18.6. The van der Waals surface area contributed by atoms with Gasteiger partial charge in [-0.25, -0.2) is 23.6 Å². The molecule has 15 heteroatoms. The molecular formula is C38H51FO14. The van der Waals surface area contributed by atoms with Crippen LogP contribution in [0.25, 0.3) is 0 Å². The first kappa shape index (κ1) is 40.7. The second-order valence-corrected chi connectivity index (χ2v) is 16.0. The van der Waals surface area contributed by atoms with Gasteiger partial charge in [-0.05, 0) is 92.2 Å². The van der Waals surface area contributed by atoms with Gasteiger partial charge in [-0.1, -0.05) is 18.6 Å². The fourth-order valence-corrected chi connectivity index (χ4v) is 9.42. The zero-order chi connectivity index (χ0) is 39.1. The highest BCUT2D eigenvalue weighted by atomic mass is 19.1. The second kappa shape index (κ2) is 15.0. The van der Waals surface area contributed by atoms with Gasteiger partial charge in [0.2, 0.25) is 5.78 Å². The van der Waals surface area contributed by atoms with Crippen molar-refractivity contribution in [3.63, 3.8) is 0 Å². The number of hydrogen-bond acceptors (Lipinski definition) is 14. The predicted octanol–water partition coefficient (Wildman–Crippen LogP) is 3.46. The van der Waals surface area contributed by atoms with Gasteiger partial charge in [0.25, 0.3) is 0 Å². The summed E-state index contributed by atoms with van der Waals surface area (Å²) < 4.78 is 63.1. The maximum Gasteiger partial charge on any atom is 0.332 e. The summed E-state index contributed by atoms with van der Waals surface area (Å²) >= 11 is 0. The lowest BCUT2D eigenvalue weighted by Crippen LogP contribution is -2.70. The fraction of sp³-hybridized carbons (Fsp3) is 0.737. The molecule has 8 atom stereocenters. The lowest BCUT2D eigenvalue weighted by molar-refractivity contribution is -0.252. The lowest BCUT2D eigenvalue weighted by atomic mass is 9.44. The molecule has 1 heterocycles. The van der Waals surface area contributed by atoms with E-state index in [1.165, 1.54) is 18.2 Å². The third-order valence-corrected chi connectivity index (χ3v) is 11.3. The average Bonchev–Trinajstić information content (AvgIpc) is 3.45. The maximum atomic E-state index is 18.6. The Labute approximate surface area is 308 Å². The van der Waals surface area contributed by atoms with Crippen molar-refractivity contribution in [1.29, 1.82) is 0 Å². The summed E-state index contributed by atoms with van der Waals surface area (Å²) in [6.45, 7) is 10.4. The first-order valence-corrected chi connectivity index (χ1v) is 18.1. The van der Waals surface area contributed by atoms with Crippen molar-refractivity contribution in [3.8, 4) is 0 Å². The number of esters is 4. The normalized spacial score (nSPS) is 35.1. The summed E-state index contributed by atoms with van der Waals surface area (Å²) in [5.74, 6) is -6.68. The number of rotatable bonds is 14. The summed E-state index contributed by atoms with van der Waals surface area (Å²) in [5, 5.41) is 0. The van der Waals surface area contributed by atoms with Gasteiger partial charge in [-0.3, -0.25) is 9.59 Å². The van der Waals surface area contributed by atoms with Crippen LogP contribution in [0.3, 0.4) is 0 Å². The zero-order valence-electron chi connectivity index (χ0n) is 31.7. The minimum absolute atomic E-state index is 0.201. The third-order valence-electron chi connectivity index (χ3n) is 11.3. The Hall–Kier alpha value is -3.53. The van der Waals surface area contributed by atoms with Crippen molar-refractivity contribution in [3.05, 3.63) is 23.8 Å². The van der Waals surface area contributed by atoms with Crippen LogP contribution in [0.2, 0.25) is 0 Å². The van der Waals surface area contributed by atoms with Gasteiger partial charge in [0, 0.05) is 16.7 Å². The second-order valence-electron chi connectivity index (χ2n) is 16.0. The van der Waals surface area contributed by atoms with Crippen molar-refractivity contribution in [1.82, 2.24) is 0 Å². The van der Waals surface area contributed by atoms with E-state index in [2.05, 4.69) is 0 Å². The van der Waals surface area contributed by atoms with E-state index in [9.17, 15) is 28.8 Å². The molecule has 0 N–H and O–H groups in total. The molecule has 0 radical (unpaired) electrons. The Balaban J connectivity index is 1.43. The van der Waals surface area contributed by atoms with E-state index >= 15 is 4.39 Å². The molecule has 1 aliphatic heterocycles. The van der Waals surface area contributed by atoms with E-state index in [-0.39, 0.29) is 31.1 Å². The molecule has 4 unspecified atom stereocenters. The SMILES string of the molecule is CC(C)OC(=O)COCC(=O)OCC(=O)[C@@]12OC(C)(C)O[C@@H]1CC1C3CCC4=CC(=O)C=CC4(C)[C@@]3(F)[C@@H](OC(=O)COCC(=O)OC(C)C)CC12C. The third kappa shape index (κ3) is 7.46. The van der Waals surface area contributed by atoms with E-state index in [1.807, 2.05) is 0 Å². The van der Waals surface area contributed by atoms with E-state index in [4.69, 9.17) is 37.9 Å². The number of hydrogen-bond donors (Lipinski definition) is 0. The molecule has 4 aliphatic carbocycles. The topological polar surface area (TPSA) is 176 Å². The zero-order valence-corrected chi connectivity index (χ0v) is 31.7. The molecule has 0 aromatic heterocycles. The first-order chi connectivity index (χ1) is 24.7. The number of ether oxygens (including phenoxy) is 8. The molecule has 0 bridgehead atoms. The first-order valence-electron chi connectivity index (χ1n) is 18.1. The molecular weight excluding hydrogens is 699 g/mol. The summed E-state index contributed by atoms with van der Waals surface area (Å²) in [7, 11) is 0. The monoisotopic (exact) mass is 750 g/mol. The number of carbonyl (C=O) groups excluding carboxylic acids is 6. The highest BCUT2D eigenvalue weighted by molar-refractivity contribution is 6.01. The number of allylic oxidation sites excluding steroid dienone is 4. The predicted molar refractivity (Wildman–Crippen MR) is 180 cm³/mol. The summed E-state index contributed by atoms with van der Waals surface area (Å²) in [5.41, 5.74) is -5.98. The summed E-state index contributed by atoms with van der Waals surface area (Å²) in [6.07, 6.45) is 1.86. The number of ketones is 2. The van der Waals surface area contributed by atoms with Gasteiger partial charge in [-0.2, -0.15) is 0 Å². The average molecular weight is 751 g/mol. The quantitative estimate of drug-likeness (QED) is 0.186. The molecule has 1 saturated heterocycles. The Morgan fingerprint density at radius 3 is 2.04 bits per heavy atom. The number of fused-ring (bicyclic) bond motifs is 7. The minimum Gasteiger partial charge on any atom is -0.461 e. The van der Waals surface area contributed by atoms with E-state index < -0.39 is 121 Å². The van der Waals surface area contributed by atoms with Crippen molar-refractivity contribution < 1.29 is 71.1 Å². The number of Topliss-reactive ketones (excluding diaryl/α,β-unsaturated/α-hetero) is 1. The fourth-order valence-electron chi connectivity index (χ4n) is 9.42. The minimum atomic E-state index is -2.25. The van der Waals surface area contributed by atoms with E-state index in [0.29, 0.717) is 12.0 Å². The van der Waals surface area contributed by atoms with Crippen LogP contribution in [-0.4, -0.2) is 110 Å². The molecule has 14 nitrogen and oxygen atoms in total. The summed E-state index contributed by atoms with van der Waals surface area (Å²) in [4.78, 5) is 76.7. The molecule has 294 valence electrons. The van der Waals surface area contributed by atoms with Gasteiger partial charge in [0.1, 0.15) is 32.5 Å². The van der Waals surface area contributed by atoms with Crippen LogP contribution in [-0.2, 0) is 66.7 Å². The Morgan fingerprint density at radius 1 is 0.849 bits per heavy atom. The molecule has 0 aromatic carbocycles. The van der Waals surface area contributed by atoms with Gasteiger partial charge in [0.05, 0.1) is 18.3 Å². The number of halogens is 1. The Kier molecular flexibility index (Phi) is 11.5. The molecule has 5 rings (SSSR count). The van der Waals surface area contributed by atoms with E-state index in [1.54, 1.807) is 55.4 Å². The van der Waals surface area contributed by atoms with Crippen molar-refractivity contribution in [2.24, 2.45) is 22.7 Å². The van der Waals surface area contributed by atoms with Crippen LogP contribution in [0.15, 0.2) is 23.8 Å². The number of carbonyl (C=O) groups is 6. The van der Waals surface area contributed by atoms with Crippen molar-refractivity contribution in [2.75, 3.05) is 33.0 Å². The van der Waals surface area contributed by atoms with Crippen LogP contribution in [0, 0.1) is 22.7 Å². The van der Waals surface area contributed by atoms with Crippen LogP contribution in [0.5, 0.6) is 0 Å². The molecule has 5 aliphatic rings. The van der Waals surface area contributed by atoms with Crippen LogP contribution < -0.4 is 0 Å². The van der Waals surface area contributed by atoms with Crippen LogP contribution in [0.1, 0.15) is 81.1 Å². The van der Waals surface area contributed by atoms with Crippen LogP contribution in [0.4, 0.5) is 4.39 Å². The molecule has 53 heavy (non-hydrogen) atoms. The van der Waals surface area contributed by atoms with Gasteiger partial charge < -0.3 is 37.9 Å². The van der Waals surface area contributed by atoms with Gasteiger partial charge in [-0.15, -0.1) is 0 Å². The Morgan fingerprint density at radius 2 is 1.43 bits per heavy atom. The molecule has 4 fully saturated rings. The summed E-state index contributed by atoms with van der Waals surface area (Å²) in [6, 6.07) is 0. The standard InChI is InChI=1S/C38H51FO14/c1-21(2)49-31(43)18-46-17-30(42)48-16-27(41)38-28(52-34(5,6)53-38)14-26-25-10-9-23-13-24(40)11-12-35(23,7)37(25,39)29(15-36(26,38)8)51-33(45)20-47-19-32(44)50-22(3)4/h11-13,21-22,25-26,28-29H,9-10,14-20H2,1-8H3/t25?,26?,28-,29+,35?,36?,37+,38-/m1/s1. The van der Waals surface area contributed by atoms with Crippen molar-refractivity contribution >= 4 is 35.4 Å². The van der Waals surface area contributed by atoms with E-state index in [0.717, 1.165) is 0 Å². The van der Waals surface area contributed by atoms with Gasteiger partial charge >= 0.3 is 23.9 Å². The highest BCUT2D eigenvalue weighted by Gasteiger charge is 2.80. The van der Waals surface area contributed by atoms with Gasteiger partial charge in [0.15, 0.2) is 29.4 Å². The molecule has 0 spiro atoms. The lowest BCUT2D eigenvalue weighted by Gasteiger charge is -2.63. The van der Waals surface area contributed by atoms with Crippen LogP contribution >= 0.6 is 0 Å². The smallest absolute Gasteiger partial charge is 0.332 e. The van der Waals surface area contributed by atoms with Crippen molar-refractivity contribution in [2.45, 2.75) is 123 Å². The molecule has 3 saturated carbocycles. The number of alkyl halides is 1. The molecule has 0 aromatic rings. The molecule has 0 amide bonds. The highest BCUT2D eigenvalue weighted by Crippen LogP contribution is 2.72.